The van der Waals surface area contributed by atoms with E-state index >= 15 is 0 Å². The molecule has 1 aliphatic heterocycles. The second kappa shape index (κ2) is 5.06. The highest BCUT2D eigenvalue weighted by atomic mass is 79.9. The molecule has 94 valence electrons. The van der Waals surface area contributed by atoms with Crippen LogP contribution < -0.4 is 0 Å². The Balaban J connectivity index is 2.39. The Bertz CT molecular complexity index is 503. The number of morpholine rings is 1. The molecule has 1 aliphatic rings. The van der Waals surface area contributed by atoms with Gasteiger partial charge >= 0.3 is 0 Å². The van der Waals surface area contributed by atoms with Gasteiger partial charge in [0.1, 0.15) is 0 Å². The predicted octanol–water partition coefficient (Wildman–Crippen LogP) is 1.86. The first-order chi connectivity index (χ1) is 8.03. The molecule has 1 aromatic carbocycles. The maximum Gasteiger partial charge on any atom is 0.244 e. The highest BCUT2D eigenvalue weighted by molar-refractivity contribution is 9.10. The van der Waals surface area contributed by atoms with E-state index in [0.29, 0.717) is 29.1 Å². The Morgan fingerprint density at radius 1 is 1.41 bits per heavy atom. The lowest BCUT2D eigenvalue weighted by molar-refractivity contribution is 0.0392. The van der Waals surface area contributed by atoms with Crippen molar-refractivity contribution in [3.05, 3.63) is 28.7 Å². The summed E-state index contributed by atoms with van der Waals surface area (Å²) in [5.41, 5.74) is 0. The van der Waals surface area contributed by atoms with Gasteiger partial charge in [0.2, 0.25) is 10.0 Å². The van der Waals surface area contributed by atoms with Gasteiger partial charge in [-0.15, -0.1) is 0 Å². The van der Waals surface area contributed by atoms with Crippen molar-refractivity contribution in [3.63, 3.8) is 0 Å². The summed E-state index contributed by atoms with van der Waals surface area (Å²) in [5.74, 6) is 0. The van der Waals surface area contributed by atoms with Crippen LogP contribution in [0.15, 0.2) is 33.6 Å². The topological polar surface area (TPSA) is 46.6 Å². The van der Waals surface area contributed by atoms with E-state index in [1.54, 1.807) is 24.3 Å². The number of halogens is 1. The zero-order valence-electron chi connectivity index (χ0n) is 9.47. The van der Waals surface area contributed by atoms with Gasteiger partial charge in [-0.1, -0.05) is 12.1 Å². The van der Waals surface area contributed by atoms with Crippen molar-refractivity contribution in [1.29, 1.82) is 0 Å². The van der Waals surface area contributed by atoms with Crippen molar-refractivity contribution in [2.45, 2.75) is 17.9 Å². The number of ether oxygens (including phenoxy) is 1. The lowest BCUT2D eigenvalue weighted by atomic mass is 10.3. The lowest BCUT2D eigenvalue weighted by Crippen LogP contribution is -2.47. The smallest absolute Gasteiger partial charge is 0.244 e. The minimum Gasteiger partial charge on any atom is -0.378 e. The molecule has 0 saturated carbocycles. The van der Waals surface area contributed by atoms with Crippen LogP contribution in [0.5, 0.6) is 0 Å². The van der Waals surface area contributed by atoms with Gasteiger partial charge in [0.15, 0.2) is 0 Å². The zero-order valence-corrected chi connectivity index (χ0v) is 11.9. The van der Waals surface area contributed by atoms with E-state index in [1.165, 1.54) is 4.31 Å². The molecule has 2 rings (SSSR count). The molecule has 0 bridgehead atoms. The fourth-order valence-corrected chi connectivity index (χ4v) is 4.41. The summed E-state index contributed by atoms with van der Waals surface area (Å²) in [6, 6.07) is 6.75. The molecule has 1 aromatic rings. The molecule has 1 unspecified atom stereocenters. The van der Waals surface area contributed by atoms with Crippen LogP contribution in [-0.2, 0) is 14.8 Å². The van der Waals surface area contributed by atoms with E-state index in [4.69, 9.17) is 4.74 Å². The van der Waals surface area contributed by atoms with Gasteiger partial charge in [-0.25, -0.2) is 8.42 Å². The summed E-state index contributed by atoms with van der Waals surface area (Å²) in [4.78, 5) is 0.314. The predicted molar refractivity (Wildman–Crippen MR) is 68.3 cm³/mol. The molecule has 0 aliphatic carbocycles. The molecule has 1 fully saturated rings. The Morgan fingerprint density at radius 2 is 2.12 bits per heavy atom. The van der Waals surface area contributed by atoms with Gasteiger partial charge in [-0.05, 0) is 35.0 Å². The minimum atomic E-state index is -3.44. The maximum atomic E-state index is 12.5. The fourth-order valence-electron chi connectivity index (χ4n) is 1.85. The summed E-state index contributed by atoms with van der Waals surface area (Å²) in [6.07, 6.45) is 0. The Morgan fingerprint density at radius 3 is 2.76 bits per heavy atom. The molecular weight excluding hydrogens is 306 g/mol. The number of nitrogens with zero attached hydrogens (tertiary/aromatic N) is 1. The quantitative estimate of drug-likeness (QED) is 0.836. The lowest BCUT2D eigenvalue weighted by Gasteiger charge is -2.32. The number of hydrogen-bond acceptors (Lipinski definition) is 3. The molecule has 6 heteroatoms. The van der Waals surface area contributed by atoms with Gasteiger partial charge < -0.3 is 4.74 Å². The van der Waals surface area contributed by atoms with Gasteiger partial charge in [0.25, 0.3) is 0 Å². The molecule has 1 heterocycles. The second-order valence-corrected chi connectivity index (χ2v) is 6.68. The third-order valence-corrected chi connectivity index (χ3v) is 5.76. The molecule has 4 nitrogen and oxygen atoms in total. The molecule has 17 heavy (non-hydrogen) atoms. The third-order valence-electron chi connectivity index (χ3n) is 2.73. The van der Waals surface area contributed by atoms with Crippen LogP contribution in [-0.4, -0.2) is 38.5 Å². The van der Waals surface area contributed by atoms with E-state index in [2.05, 4.69) is 15.9 Å². The molecular formula is C11H14BrNO3S. The first-order valence-corrected chi connectivity index (χ1v) is 7.61. The van der Waals surface area contributed by atoms with Crippen molar-refractivity contribution in [2.24, 2.45) is 0 Å². The average Bonchev–Trinajstić information content (AvgIpc) is 2.29. The van der Waals surface area contributed by atoms with Gasteiger partial charge in [-0.3, -0.25) is 0 Å². The zero-order chi connectivity index (χ0) is 12.5. The van der Waals surface area contributed by atoms with E-state index in [1.807, 2.05) is 6.92 Å². The minimum absolute atomic E-state index is 0.124. The molecule has 0 radical (unpaired) electrons. The molecule has 0 spiro atoms. The van der Waals surface area contributed by atoms with E-state index in [9.17, 15) is 8.42 Å². The van der Waals surface area contributed by atoms with Crippen molar-refractivity contribution in [1.82, 2.24) is 4.31 Å². The first kappa shape index (κ1) is 13.0. The van der Waals surface area contributed by atoms with Crippen LogP contribution in [0.3, 0.4) is 0 Å². The largest absolute Gasteiger partial charge is 0.378 e. The Labute approximate surface area is 110 Å². The number of benzene rings is 1. The van der Waals surface area contributed by atoms with E-state index in [0.717, 1.165) is 0 Å². The van der Waals surface area contributed by atoms with Crippen LogP contribution in [0.1, 0.15) is 6.92 Å². The third kappa shape index (κ3) is 2.54. The van der Waals surface area contributed by atoms with Crippen molar-refractivity contribution < 1.29 is 13.2 Å². The van der Waals surface area contributed by atoms with Crippen molar-refractivity contribution in [2.75, 3.05) is 19.8 Å². The fraction of sp³-hybridized carbons (Fsp3) is 0.455. The highest BCUT2D eigenvalue weighted by Crippen LogP contribution is 2.26. The average molecular weight is 320 g/mol. The van der Waals surface area contributed by atoms with Crippen LogP contribution in [0.25, 0.3) is 0 Å². The maximum absolute atomic E-state index is 12.5. The van der Waals surface area contributed by atoms with Crippen LogP contribution in [0.2, 0.25) is 0 Å². The SMILES string of the molecule is CC1COCCN1S(=O)(=O)c1ccccc1Br. The Hall–Kier alpha value is -0.430. The van der Waals surface area contributed by atoms with E-state index in [-0.39, 0.29) is 6.04 Å². The Kier molecular flexibility index (Phi) is 3.87. The van der Waals surface area contributed by atoms with Crippen molar-refractivity contribution >= 4 is 26.0 Å². The number of sulfonamides is 1. The second-order valence-electron chi connectivity index (χ2n) is 3.97. The molecule has 0 N–H and O–H groups in total. The number of hydrogen-bond donors (Lipinski definition) is 0. The molecule has 0 amide bonds. The molecule has 0 aromatic heterocycles. The number of rotatable bonds is 2. The van der Waals surface area contributed by atoms with Crippen molar-refractivity contribution in [3.8, 4) is 0 Å². The van der Waals surface area contributed by atoms with Gasteiger partial charge in [0, 0.05) is 17.1 Å². The summed E-state index contributed by atoms with van der Waals surface area (Å²) in [5, 5.41) is 0. The highest BCUT2D eigenvalue weighted by Gasteiger charge is 2.32. The summed E-state index contributed by atoms with van der Waals surface area (Å²) in [7, 11) is -3.44. The first-order valence-electron chi connectivity index (χ1n) is 5.37. The monoisotopic (exact) mass is 319 g/mol. The normalized spacial score (nSPS) is 22.6. The summed E-state index contributed by atoms with van der Waals surface area (Å²) >= 11 is 3.28. The molecule has 1 atom stereocenters. The van der Waals surface area contributed by atoms with Crippen LogP contribution >= 0.6 is 15.9 Å². The molecule has 1 saturated heterocycles. The van der Waals surface area contributed by atoms with Gasteiger partial charge in [-0.2, -0.15) is 4.31 Å². The van der Waals surface area contributed by atoms with E-state index < -0.39 is 10.0 Å². The summed E-state index contributed by atoms with van der Waals surface area (Å²) in [6.45, 7) is 3.16. The van der Waals surface area contributed by atoms with Gasteiger partial charge in [0.05, 0.1) is 18.1 Å². The van der Waals surface area contributed by atoms with Crippen LogP contribution in [0, 0.1) is 0 Å². The standard InChI is InChI=1S/C11H14BrNO3S/c1-9-8-16-7-6-13(9)17(14,15)11-5-3-2-4-10(11)12/h2-5,9H,6-8H2,1H3. The summed E-state index contributed by atoms with van der Waals surface area (Å²) < 4.78 is 32.3. The van der Waals surface area contributed by atoms with Crippen LogP contribution in [0.4, 0.5) is 0 Å².